The smallest absolute Gasteiger partial charge is 0.119 e. The lowest BCUT2D eigenvalue weighted by Crippen LogP contribution is -2.22. The van der Waals surface area contributed by atoms with Crippen molar-refractivity contribution in [2.45, 2.75) is 13.0 Å². The van der Waals surface area contributed by atoms with Crippen molar-refractivity contribution in [1.29, 1.82) is 0 Å². The Morgan fingerprint density at radius 2 is 1.95 bits per heavy atom. The minimum absolute atomic E-state index is 0.115. The number of nitrogens with one attached hydrogen (secondary N) is 1. The number of hydrogen-bond acceptors (Lipinski definition) is 2. The first-order valence-corrected chi connectivity index (χ1v) is 7.65. The lowest BCUT2D eigenvalue weighted by molar-refractivity contribution is 0.413. The highest BCUT2D eigenvalue weighted by Gasteiger charge is 2.14. The van der Waals surface area contributed by atoms with Crippen LogP contribution in [0, 0.1) is 0 Å². The number of halogens is 2. The topological polar surface area (TPSA) is 21.3 Å². The standard InChI is InChI=1S/C16H17BrClNO/c1-3-19-16(11-5-4-6-13(9-11)20-2)12-7-8-15(18)14(17)10-12/h4-10,16,19H,3H2,1-2H3. The summed E-state index contributed by atoms with van der Waals surface area (Å²) < 4.78 is 6.21. The second kappa shape index (κ2) is 7.11. The Labute approximate surface area is 133 Å². The average molecular weight is 355 g/mol. The fourth-order valence-electron chi connectivity index (χ4n) is 2.15. The van der Waals surface area contributed by atoms with Crippen molar-refractivity contribution in [2.75, 3.05) is 13.7 Å². The molecule has 20 heavy (non-hydrogen) atoms. The number of hydrogen-bond donors (Lipinski definition) is 1. The van der Waals surface area contributed by atoms with Crippen LogP contribution in [0.2, 0.25) is 5.02 Å². The van der Waals surface area contributed by atoms with Crippen LogP contribution in [0.5, 0.6) is 5.75 Å². The Morgan fingerprint density at radius 1 is 1.20 bits per heavy atom. The molecule has 1 N–H and O–H groups in total. The highest BCUT2D eigenvalue weighted by molar-refractivity contribution is 9.10. The Morgan fingerprint density at radius 3 is 2.60 bits per heavy atom. The van der Waals surface area contributed by atoms with Crippen LogP contribution < -0.4 is 10.1 Å². The molecule has 0 saturated heterocycles. The van der Waals surface area contributed by atoms with Gasteiger partial charge in [-0.3, -0.25) is 0 Å². The summed E-state index contributed by atoms with van der Waals surface area (Å²) in [6, 6.07) is 14.2. The molecule has 0 aromatic heterocycles. The van der Waals surface area contributed by atoms with Gasteiger partial charge in [0.25, 0.3) is 0 Å². The van der Waals surface area contributed by atoms with E-state index in [4.69, 9.17) is 16.3 Å². The van der Waals surface area contributed by atoms with Crippen molar-refractivity contribution in [1.82, 2.24) is 5.32 Å². The fourth-order valence-corrected chi connectivity index (χ4v) is 2.66. The molecule has 2 aromatic carbocycles. The normalized spacial score (nSPS) is 12.2. The summed E-state index contributed by atoms with van der Waals surface area (Å²) in [6.07, 6.45) is 0. The van der Waals surface area contributed by atoms with Crippen LogP contribution >= 0.6 is 27.5 Å². The van der Waals surface area contributed by atoms with Gasteiger partial charge in [0.15, 0.2) is 0 Å². The molecule has 1 unspecified atom stereocenters. The van der Waals surface area contributed by atoms with Crippen molar-refractivity contribution in [3.05, 3.63) is 63.1 Å². The molecule has 0 amide bonds. The molecule has 0 aliphatic rings. The summed E-state index contributed by atoms with van der Waals surface area (Å²) >= 11 is 9.55. The van der Waals surface area contributed by atoms with Gasteiger partial charge in [-0.05, 0) is 57.9 Å². The zero-order chi connectivity index (χ0) is 14.5. The summed E-state index contributed by atoms with van der Waals surface area (Å²) in [4.78, 5) is 0. The van der Waals surface area contributed by atoms with E-state index in [-0.39, 0.29) is 6.04 Å². The van der Waals surface area contributed by atoms with E-state index in [0.29, 0.717) is 0 Å². The Balaban J connectivity index is 2.41. The fraction of sp³-hybridized carbons (Fsp3) is 0.250. The predicted molar refractivity (Wildman–Crippen MR) is 87.7 cm³/mol. The highest BCUT2D eigenvalue weighted by atomic mass is 79.9. The quantitative estimate of drug-likeness (QED) is 0.832. The third-order valence-corrected chi connectivity index (χ3v) is 4.33. The molecular formula is C16H17BrClNO. The lowest BCUT2D eigenvalue weighted by Gasteiger charge is -2.20. The van der Waals surface area contributed by atoms with Crippen molar-refractivity contribution in [2.24, 2.45) is 0 Å². The first-order chi connectivity index (χ1) is 9.65. The van der Waals surface area contributed by atoms with E-state index in [1.165, 1.54) is 5.56 Å². The minimum atomic E-state index is 0.115. The van der Waals surface area contributed by atoms with Gasteiger partial charge in [0.05, 0.1) is 18.2 Å². The van der Waals surface area contributed by atoms with E-state index in [1.807, 2.05) is 24.3 Å². The number of rotatable bonds is 5. The summed E-state index contributed by atoms with van der Waals surface area (Å²) in [5, 5.41) is 4.21. The molecule has 4 heteroatoms. The Bertz CT molecular complexity index is 588. The van der Waals surface area contributed by atoms with Crippen molar-refractivity contribution in [3.8, 4) is 5.75 Å². The Kier molecular flexibility index (Phi) is 5.46. The van der Waals surface area contributed by atoms with E-state index in [9.17, 15) is 0 Å². The molecule has 106 valence electrons. The molecule has 0 heterocycles. The van der Waals surface area contributed by atoms with Gasteiger partial charge in [0.1, 0.15) is 5.75 Å². The molecular weight excluding hydrogens is 338 g/mol. The Hall–Kier alpha value is -1.03. The second-order valence-electron chi connectivity index (χ2n) is 4.44. The molecule has 2 nitrogen and oxygen atoms in total. The van der Waals surface area contributed by atoms with E-state index < -0.39 is 0 Å². The van der Waals surface area contributed by atoms with Crippen LogP contribution in [-0.4, -0.2) is 13.7 Å². The number of methoxy groups -OCH3 is 1. The molecule has 0 aliphatic heterocycles. The first kappa shape index (κ1) is 15.4. The van der Waals surface area contributed by atoms with E-state index in [0.717, 1.165) is 27.4 Å². The molecule has 2 aromatic rings. The summed E-state index contributed by atoms with van der Waals surface area (Å²) in [7, 11) is 1.68. The lowest BCUT2D eigenvalue weighted by atomic mass is 9.98. The van der Waals surface area contributed by atoms with Crippen LogP contribution in [0.3, 0.4) is 0 Å². The van der Waals surface area contributed by atoms with Gasteiger partial charge in [-0.15, -0.1) is 0 Å². The first-order valence-electron chi connectivity index (χ1n) is 6.48. The monoisotopic (exact) mass is 353 g/mol. The minimum Gasteiger partial charge on any atom is -0.497 e. The number of benzene rings is 2. The van der Waals surface area contributed by atoms with Gasteiger partial charge >= 0.3 is 0 Å². The molecule has 0 bridgehead atoms. The van der Waals surface area contributed by atoms with Crippen molar-refractivity contribution in [3.63, 3.8) is 0 Å². The van der Waals surface area contributed by atoms with E-state index >= 15 is 0 Å². The van der Waals surface area contributed by atoms with E-state index in [1.54, 1.807) is 7.11 Å². The van der Waals surface area contributed by atoms with Crippen molar-refractivity contribution < 1.29 is 4.74 Å². The maximum Gasteiger partial charge on any atom is 0.119 e. The molecule has 0 radical (unpaired) electrons. The molecule has 2 rings (SSSR count). The van der Waals surface area contributed by atoms with Gasteiger partial charge in [-0.25, -0.2) is 0 Å². The van der Waals surface area contributed by atoms with Crippen LogP contribution in [-0.2, 0) is 0 Å². The van der Waals surface area contributed by atoms with Gasteiger partial charge in [-0.2, -0.15) is 0 Å². The summed E-state index contributed by atoms with van der Waals surface area (Å²) in [5.74, 6) is 0.860. The van der Waals surface area contributed by atoms with Gasteiger partial charge in [0, 0.05) is 4.47 Å². The summed E-state index contributed by atoms with van der Waals surface area (Å²) in [6.45, 7) is 2.97. The zero-order valence-electron chi connectivity index (χ0n) is 11.5. The predicted octanol–water partition coefficient (Wildman–Crippen LogP) is 4.81. The average Bonchev–Trinajstić information content (AvgIpc) is 2.48. The van der Waals surface area contributed by atoms with Crippen LogP contribution in [0.1, 0.15) is 24.1 Å². The summed E-state index contributed by atoms with van der Waals surface area (Å²) in [5.41, 5.74) is 2.33. The molecule has 1 atom stereocenters. The van der Waals surface area contributed by atoms with Crippen LogP contribution in [0.15, 0.2) is 46.9 Å². The molecule has 0 fully saturated rings. The van der Waals surface area contributed by atoms with Crippen LogP contribution in [0.4, 0.5) is 0 Å². The number of ether oxygens (including phenoxy) is 1. The van der Waals surface area contributed by atoms with Crippen molar-refractivity contribution >= 4 is 27.5 Å². The van der Waals surface area contributed by atoms with E-state index in [2.05, 4.69) is 46.4 Å². The molecule has 0 saturated carbocycles. The van der Waals surface area contributed by atoms with Gasteiger partial charge < -0.3 is 10.1 Å². The molecule has 0 aliphatic carbocycles. The third kappa shape index (κ3) is 3.54. The largest absolute Gasteiger partial charge is 0.497 e. The van der Waals surface area contributed by atoms with Gasteiger partial charge in [-0.1, -0.05) is 36.7 Å². The SMILES string of the molecule is CCNC(c1cccc(OC)c1)c1ccc(Cl)c(Br)c1. The van der Waals surface area contributed by atoms with Crippen LogP contribution in [0.25, 0.3) is 0 Å². The maximum atomic E-state index is 6.07. The third-order valence-electron chi connectivity index (χ3n) is 3.11. The maximum absolute atomic E-state index is 6.07. The second-order valence-corrected chi connectivity index (χ2v) is 5.70. The molecule has 0 spiro atoms. The highest BCUT2D eigenvalue weighted by Crippen LogP contribution is 2.30. The zero-order valence-corrected chi connectivity index (χ0v) is 13.8. The van der Waals surface area contributed by atoms with Gasteiger partial charge in [0.2, 0.25) is 0 Å².